The molecule has 1 saturated carbocycles. The SMILES string of the molecule is O=C1CC2CC1N2S(=O)(=O)c1ccc(-c2ccccc2)cc1. The maximum Gasteiger partial charge on any atom is 0.243 e. The zero-order chi connectivity index (χ0) is 15.3. The number of ketones is 1. The smallest absolute Gasteiger partial charge is 0.243 e. The van der Waals surface area contributed by atoms with Crippen LogP contribution in [0.1, 0.15) is 12.8 Å². The van der Waals surface area contributed by atoms with E-state index in [1.54, 1.807) is 12.1 Å². The summed E-state index contributed by atoms with van der Waals surface area (Å²) < 4.78 is 26.7. The quantitative estimate of drug-likeness (QED) is 0.874. The van der Waals surface area contributed by atoms with Crippen LogP contribution in [0.2, 0.25) is 0 Å². The van der Waals surface area contributed by atoms with Crippen LogP contribution in [0.3, 0.4) is 0 Å². The molecule has 3 aliphatic rings. The van der Waals surface area contributed by atoms with Crippen LogP contribution in [0.5, 0.6) is 0 Å². The van der Waals surface area contributed by atoms with Crippen LogP contribution < -0.4 is 0 Å². The van der Waals surface area contributed by atoms with Crippen LogP contribution in [0.4, 0.5) is 0 Å². The summed E-state index contributed by atoms with van der Waals surface area (Å²) in [7, 11) is -3.56. The van der Waals surface area contributed by atoms with E-state index in [0.29, 0.717) is 12.8 Å². The van der Waals surface area contributed by atoms with E-state index < -0.39 is 16.1 Å². The lowest BCUT2D eigenvalue weighted by atomic mass is 10.1. The Balaban J connectivity index is 1.65. The highest BCUT2D eigenvalue weighted by atomic mass is 32.2. The van der Waals surface area contributed by atoms with Crippen LogP contribution >= 0.6 is 0 Å². The number of hydrogen-bond acceptors (Lipinski definition) is 3. The molecule has 1 aliphatic carbocycles. The molecule has 0 spiro atoms. The number of hydrogen-bond donors (Lipinski definition) is 0. The van der Waals surface area contributed by atoms with Gasteiger partial charge in [0.25, 0.3) is 0 Å². The third-order valence-corrected chi connectivity index (χ3v) is 6.48. The Labute approximate surface area is 129 Å². The summed E-state index contributed by atoms with van der Waals surface area (Å²) in [6.07, 6.45) is 1.05. The minimum atomic E-state index is -3.56. The van der Waals surface area contributed by atoms with Gasteiger partial charge < -0.3 is 0 Å². The van der Waals surface area contributed by atoms with Gasteiger partial charge in [-0.25, -0.2) is 8.42 Å². The molecule has 0 amide bonds. The predicted molar refractivity (Wildman–Crippen MR) is 82.7 cm³/mol. The Morgan fingerprint density at radius 3 is 2.09 bits per heavy atom. The molecular weight excluding hydrogens is 298 g/mol. The number of sulfonamides is 1. The van der Waals surface area contributed by atoms with Gasteiger partial charge in [-0.1, -0.05) is 42.5 Å². The molecule has 5 heteroatoms. The molecular formula is C17H15NO3S. The third kappa shape index (κ3) is 1.93. The molecule has 2 heterocycles. The minimum absolute atomic E-state index is 0.0504. The first kappa shape index (κ1) is 13.7. The van der Waals surface area contributed by atoms with Crippen molar-refractivity contribution in [2.24, 2.45) is 0 Å². The van der Waals surface area contributed by atoms with E-state index in [0.717, 1.165) is 11.1 Å². The summed E-state index contributed by atoms with van der Waals surface area (Å²) in [5.74, 6) is 0.0504. The zero-order valence-corrected chi connectivity index (χ0v) is 12.7. The van der Waals surface area contributed by atoms with Crippen LogP contribution in [0.25, 0.3) is 11.1 Å². The van der Waals surface area contributed by atoms with E-state index in [-0.39, 0.29) is 16.7 Å². The zero-order valence-electron chi connectivity index (χ0n) is 11.8. The van der Waals surface area contributed by atoms with Crippen molar-refractivity contribution in [3.63, 3.8) is 0 Å². The van der Waals surface area contributed by atoms with Crippen molar-refractivity contribution in [1.29, 1.82) is 0 Å². The van der Waals surface area contributed by atoms with E-state index in [4.69, 9.17) is 0 Å². The summed E-state index contributed by atoms with van der Waals surface area (Å²) in [6.45, 7) is 0. The third-order valence-electron chi connectivity index (χ3n) is 4.51. The summed E-state index contributed by atoms with van der Waals surface area (Å²) in [5, 5.41) is 0. The minimum Gasteiger partial charge on any atom is -0.298 e. The molecule has 0 N–H and O–H groups in total. The standard InChI is InChI=1S/C17H15NO3S/c19-17-11-14-10-16(17)18(14)22(20,21)15-8-6-13(7-9-15)12-4-2-1-3-5-12/h1-9,14,16H,10-11H2. The number of nitrogens with zero attached hydrogens (tertiary/aromatic N) is 1. The van der Waals surface area contributed by atoms with Crippen molar-refractivity contribution < 1.29 is 13.2 Å². The Morgan fingerprint density at radius 2 is 1.55 bits per heavy atom. The van der Waals surface area contributed by atoms with Crippen LogP contribution in [-0.2, 0) is 14.8 Å². The number of benzene rings is 2. The highest BCUT2D eigenvalue weighted by Crippen LogP contribution is 2.42. The number of fused-ring (bicyclic) bond motifs is 1. The Kier molecular flexibility index (Phi) is 2.96. The lowest BCUT2D eigenvalue weighted by Gasteiger charge is -2.37. The van der Waals surface area contributed by atoms with Crippen molar-refractivity contribution >= 4 is 15.8 Å². The van der Waals surface area contributed by atoms with E-state index in [1.165, 1.54) is 4.31 Å². The van der Waals surface area contributed by atoms with Crippen LogP contribution in [0.15, 0.2) is 59.5 Å². The summed E-state index contributed by atoms with van der Waals surface area (Å²) >= 11 is 0. The molecule has 22 heavy (non-hydrogen) atoms. The number of carbonyl (C=O) groups is 1. The van der Waals surface area contributed by atoms with Gasteiger partial charge in [0.05, 0.1) is 10.9 Å². The first-order chi connectivity index (χ1) is 10.6. The summed E-state index contributed by atoms with van der Waals surface area (Å²) in [4.78, 5) is 11.9. The predicted octanol–water partition coefficient (Wildman–Crippen LogP) is 2.46. The molecule has 2 bridgehead atoms. The summed E-state index contributed by atoms with van der Waals surface area (Å²) in [6, 6.07) is 16.1. The van der Waals surface area contributed by atoms with E-state index in [9.17, 15) is 13.2 Å². The van der Waals surface area contributed by atoms with Crippen molar-refractivity contribution in [2.75, 3.05) is 0 Å². The molecule has 5 rings (SSSR count). The highest BCUT2D eigenvalue weighted by molar-refractivity contribution is 7.89. The topological polar surface area (TPSA) is 54.5 Å². The normalized spacial score (nSPS) is 24.3. The molecule has 112 valence electrons. The number of rotatable bonds is 3. The lowest BCUT2D eigenvalue weighted by molar-refractivity contribution is -0.119. The van der Waals surface area contributed by atoms with E-state index >= 15 is 0 Å². The molecule has 2 aromatic carbocycles. The molecule has 3 fully saturated rings. The largest absolute Gasteiger partial charge is 0.298 e. The fourth-order valence-corrected chi connectivity index (χ4v) is 5.15. The summed E-state index contributed by atoms with van der Waals surface area (Å²) in [5.41, 5.74) is 2.02. The number of carbonyl (C=O) groups excluding carboxylic acids is 1. The first-order valence-corrected chi connectivity index (χ1v) is 8.73. The monoisotopic (exact) mass is 313 g/mol. The van der Waals surface area contributed by atoms with Crippen molar-refractivity contribution in [2.45, 2.75) is 29.8 Å². The second-order valence-corrected chi connectivity index (χ2v) is 7.64. The highest BCUT2D eigenvalue weighted by Gasteiger charge is 2.56. The van der Waals surface area contributed by atoms with Gasteiger partial charge in [-0.05, 0) is 29.7 Å². The van der Waals surface area contributed by atoms with Crippen LogP contribution in [0, 0.1) is 0 Å². The average Bonchev–Trinajstić information content (AvgIpc) is 3.04. The van der Waals surface area contributed by atoms with Crippen molar-refractivity contribution in [3.05, 3.63) is 54.6 Å². The maximum absolute atomic E-state index is 12.6. The van der Waals surface area contributed by atoms with Gasteiger partial charge in [-0.15, -0.1) is 0 Å². The molecule has 2 atom stereocenters. The van der Waals surface area contributed by atoms with Gasteiger partial charge in [0.15, 0.2) is 5.78 Å². The first-order valence-electron chi connectivity index (χ1n) is 7.29. The van der Waals surface area contributed by atoms with Gasteiger partial charge in [-0.2, -0.15) is 4.31 Å². The second-order valence-electron chi connectivity index (χ2n) is 5.80. The second kappa shape index (κ2) is 4.76. The molecule has 2 aromatic rings. The maximum atomic E-state index is 12.6. The Hall–Kier alpha value is -1.98. The van der Waals surface area contributed by atoms with Crippen molar-refractivity contribution in [1.82, 2.24) is 4.31 Å². The molecule has 2 aliphatic heterocycles. The van der Waals surface area contributed by atoms with Crippen LogP contribution in [-0.4, -0.2) is 30.6 Å². The van der Waals surface area contributed by atoms with Gasteiger partial charge in [0.2, 0.25) is 10.0 Å². The molecule has 2 saturated heterocycles. The Morgan fingerprint density at radius 1 is 0.909 bits per heavy atom. The van der Waals surface area contributed by atoms with Gasteiger partial charge in [0, 0.05) is 12.5 Å². The molecule has 0 aromatic heterocycles. The number of Topliss-reactive ketones (excluding diaryl/α,β-unsaturated/α-hetero) is 1. The van der Waals surface area contributed by atoms with E-state index in [1.807, 2.05) is 42.5 Å². The van der Waals surface area contributed by atoms with Gasteiger partial charge in [-0.3, -0.25) is 4.79 Å². The fourth-order valence-electron chi connectivity index (χ4n) is 3.33. The molecule has 0 radical (unpaired) electrons. The average molecular weight is 313 g/mol. The van der Waals surface area contributed by atoms with Gasteiger partial charge in [0.1, 0.15) is 0 Å². The Bertz CT molecular complexity index is 828. The molecule has 2 unspecified atom stereocenters. The lowest BCUT2D eigenvalue weighted by Crippen LogP contribution is -2.52. The van der Waals surface area contributed by atoms with Crippen molar-refractivity contribution in [3.8, 4) is 11.1 Å². The fraction of sp³-hybridized carbons (Fsp3) is 0.235. The molecule has 4 nitrogen and oxygen atoms in total. The van der Waals surface area contributed by atoms with E-state index in [2.05, 4.69) is 0 Å². The van der Waals surface area contributed by atoms with Gasteiger partial charge >= 0.3 is 0 Å².